The van der Waals surface area contributed by atoms with E-state index in [0.717, 1.165) is 17.0 Å². The average molecular weight is 315 g/mol. The van der Waals surface area contributed by atoms with Gasteiger partial charge in [-0.05, 0) is 43.4 Å². The summed E-state index contributed by atoms with van der Waals surface area (Å²) in [6.45, 7) is 0. The van der Waals surface area contributed by atoms with Crippen LogP contribution in [-0.4, -0.2) is 25.2 Å². The summed E-state index contributed by atoms with van der Waals surface area (Å²) in [5.74, 6) is -1.39. The fourth-order valence-electron chi connectivity index (χ4n) is 2.32. The zero-order chi connectivity index (χ0) is 16.5. The van der Waals surface area contributed by atoms with Crippen molar-refractivity contribution in [3.05, 3.63) is 59.7 Å². The van der Waals surface area contributed by atoms with Gasteiger partial charge in [0.05, 0.1) is 0 Å². The Balaban J connectivity index is 2.43. The third-order valence-electron chi connectivity index (χ3n) is 3.30. The second-order valence-electron chi connectivity index (χ2n) is 5.15. The maximum absolute atomic E-state index is 14.2. The van der Waals surface area contributed by atoms with Crippen LogP contribution in [0.1, 0.15) is 11.6 Å². The minimum Gasteiger partial charge on any atom is -0.295 e. The fourth-order valence-corrected chi connectivity index (χ4v) is 2.32. The lowest BCUT2D eigenvalue weighted by Gasteiger charge is -2.27. The van der Waals surface area contributed by atoms with Crippen LogP contribution in [0, 0.1) is 11.6 Å². The predicted octanol–water partition coefficient (Wildman–Crippen LogP) is 4.80. The van der Waals surface area contributed by atoms with Gasteiger partial charge in [0, 0.05) is 5.56 Å². The molecule has 0 aliphatic carbocycles. The maximum atomic E-state index is 14.2. The highest BCUT2D eigenvalue weighted by Crippen LogP contribution is 2.38. The van der Waals surface area contributed by atoms with Crippen molar-refractivity contribution in [3.8, 4) is 11.1 Å². The van der Waals surface area contributed by atoms with Crippen molar-refractivity contribution in [2.45, 2.75) is 12.2 Å². The van der Waals surface area contributed by atoms with Crippen molar-refractivity contribution in [3.63, 3.8) is 0 Å². The van der Waals surface area contributed by atoms with Gasteiger partial charge in [0.25, 0.3) is 0 Å². The van der Waals surface area contributed by atoms with Crippen LogP contribution >= 0.6 is 0 Å². The number of benzene rings is 2. The molecule has 2 aromatic carbocycles. The zero-order valence-corrected chi connectivity index (χ0v) is 12.0. The molecular weight excluding hydrogens is 301 g/mol. The van der Waals surface area contributed by atoms with E-state index in [1.165, 1.54) is 44.4 Å². The molecule has 0 saturated heterocycles. The Bertz CT molecular complexity index is 647. The smallest absolute Gasteiger partial charge is 0.295 e. The first-order valence-corrected chi connectivity index (χ1v) is 6.48. The molecule has 1 nitrogen and oxygen atoms in total. The highest BCUT2D eigenvalue weighted by molar-refractivity contribution is 5.63. The molecule has 22 heavy (non-hydrogen) atoms. The van der Waals surface area contributed by atoms with E-state index < -0.39 is 29.4 Å². The molecule has 6 heteroatoms. The molecule has 2 aromatic rings. The molecule has 0 fully saturated rings. The van der Waals surface area contributed by atoms with Gasteiger partial charge in [-0.1, -0.05) is 24.3 Å². The molecule has 0 aliphatic heterocycles. The van der Waals surface area contributed by atoms with E-state index in [9.17, 15) is 22.0 Å². The number of hydrogen-bond acceptors (Lipinski definition) is 1. The second-order valence-corrected chi connectivity index (χ2v) is 5.15. The van der Waals surface area contributed by atoms with Gasteiger partial charge in [-0.2, -0.15) is 13.2 Å². The van der Waals surface area contributed by atoms with Crippen LogP contribution in [-0.2, 0) is 0 Å². The number of nitrogens with zero attached hydrogens (tertiary/aromatic N) is 1. The van der Waals surface area contributed by atoms with Crippen LogP contribution in [0.3, 0.4) is 0 Å². The van der Waals surface area contributed by atoms with Crippen LogP contribution in [0.25, 0.3) is 11.1 Å². The molecule has 0 bridgehead atoms. The van der Waals surface area contributed by atoms with Crippen LogP contribution in [0.5, 0.6) is 0 Å². The molecule has 0 heterocycles. The van der Waals surface area contributed by atoms with Gasteiger partial charge in [0.2, 0.25) is 0 Å². The fraction of sp³-hybridized carbons (Fsp3) is 0.250. The van der Waals surface area contributed by atoms with Crippen LogP contribution < -0.4 is 0 Å². The first-order valence-electron chi connectivity index (χ1n) is 6.48. The lowest BCUT2D eigenvalue weighted by Crippen LogP contribution is -2.34. The lowest BCUT2D eigenvalue weighted by molar-refractivity contribution is -0.180. The number of hydrogen-bond donors (Lipinski definition) is 0. The van der Waals surface area contributed by atoms with Crippen molar-refractivity contribution in [1.29, 1.82) is 0 Å². The Morgan fingerprint density at radius 2 is 1.41 bits per heavy atom. The lowest BCUT2D eigenvalue weighted by atomic mass is 9.99. The first kappa shape index (κ1) is 16.4. The number of rotatable bonds is 3. The quantitative estimate of drug-likeness (QED) is 0.736. The van der Waals surface area contributed by atoms with Crippen molar-refractivity contribution >= 4 is 0 Å². The Hall–Kier alpha value is -1.95. The molecule has 0 aromatic heterocycles. The SMILES string of the molecule is CN(C)C(c1ccc(-c2ccc(F)cc2)cc1F)C(F)(F)F. The Labute approximate surface area is 125 Å². The minimum absolute atomic E-state index is 0.390. The largest absolute Gasteiger partial charge is 0.408 e. The van der Waals surface area contributed by atoms with Crippen molar-refractivity contribution < 1.29 is 22.0 Å². The highest BCUT2D eigenvalue weighted by Gasteiger charge is 2.43. The van der Waals surface area contributed by atoms with E-state index in [0.29, 0.717) is 11.1 Å². The van der Waals surface area contributed by atoms with Gasteiger partial charge >= 0.3 is 6.18 Å². The van der Waals surface area contributed by atoms with E-state index in [1.54, 1.807) is 0 Å². The second kappa shape index (κ2) is 6.04. The molecule has 0 radical (unpaired) electrons. The van der Waals surface area contributed by atoms with Gasteiger partial charge in [-0.25, -0.2) is 8.78 Å². The standard InChI is InChI=1S/C16H14F5N/c1-22(2)15(16(19,20)21)13-8-5-11(9-14(13)18)10-3-6-12(17)7-4-10/h3-9,15H,1-2H3. The monoisotopic (exact) mass is 315 g/mol. The summed E-state index contributed by atoms with van der Waals surface area (Å²) in [5, 5.41) is 0. The van der Waals surface area contributed by atoms with Crippen LogP contribution in [0.2, 0.25) is 0 Å². The van der Waals surface area contributed by atoms with Gasteiger partial charge in [-0.3, -0.25) is 4.90 Å². The van der Waals surface area contributed by atoms with E-state index in [1.807, 2.05) is 0 Å². The summed E-state index contributed by atoms with van der Waals surface area (Å²) in [4.78, 5) is 0.913. The van der Waals surface area contributed by atoms with E-state index in [2.05, 4.69) is 0 Å². The van der Waals surface area contributed by atoms with E-state index in [4.69, 9.17) is 0 Å². The number of halogens is 5. The third kappa shape index (κ3) is 3.44. The molecule has 0 spiro atoms. The van der Waals surface area contributed by atoms with Gasteiger partial charge in [0.1, 0.15) is 17.7 Å². The molecule has 0 N–H and O–H groups in total. The molecular formula is C16H14F5N. The summed E-state index contributed by atoms with van der Waals surface area (Å²) in [5.41, 5.74) is 0.476. The van der Waals surface area contributed by atoms with Gasteiger partial charge in [0.15, 0.2) is 0 Å². The summed E-state index contributed by atoms with van der Waals surface area (Å²) >= 11 is 0. The summed E-state index contributed by atoms with van der Waals surface area (Å²) in [6, 6.07) is 6.83. The normalized spacial score (nSPS) is 13.5. The molecule has 2 rings (SSSR count). The Morgan fingerprint density at radius 3 is 1.86 bits per heavy atom. The zero-order valence-electron chi connectivity index (χ0n) is 12.0. The summed E-state index contributed by atoms with van der Waals surface area (Å²) in [6.07, 6.45) is -4.58. The molecule has 0 saturated carbocycles. The highest BCUT2D eigenvalue weighted by atomic mass is 19.4. The maximum Gasteiger partial charge on any atom is 0.408 e. The van der Waals surface area contributed by atoms with E-state index >= 15 is 0 Å². The summed E-state index contributed by atoms with van der Waals surface area (Å²) in [7, 11) is 2.48. The topological polar surface area (TPSA) is 3.24 Å². The average Bonchev–Trinajstić information content (AvgIpc) is 2.40. The van der Waals surface area contributed by atoms with Crippen molar-refractivity contribution in [2.24, 2.45) is 0 Å². The number of alkyl halides is 3. The molecule has 0 aliphatic rings. The Kier molecular flexibility index (Phi) is 4.51. The van der Waals surface area contributed by atoms with Gasteiger partial charge < -0.3 is 0 Å². The third-order valence-corrected chi connectivity index (χ3v) is 3.30. The van der Waals surface area contributed by atoms with Gasteiger partial charge in [-0.15, -0.1) is 0 Å². The first-order chi connectivity index (χ1) is 10.2. The van der Waals surface area contributed by atoms with Crippen molar-refractivity contribution in [1.82, 2.24) is 4.90 Å². The molecule has 118 valence electrons. The minimum atomic E-state index is -4.58. The summed E-state index contributed by atoms with van der Waals surface area (Å²) < 4.78 is 66.2. The molecule has 1 unspecified atom stereocenters. The van der Waals surface area contributed by atoms with Crippen LogP contribution in [0.4, 0.5) is 22.0 Å². The molecule has 0 amide bonds. The Morgan fingerprint density at radius 1 is 0.864 bits per heavy atom. The van der Waals surface area contributed by atoms with E-state index in [-0.39, 0.29) is 0 Å². The van der Waals surface area contributed by atoms with Crippen LogP contribution in [0.15, 0.2) is 42.5 Å². The predicted molar refractivity (Wildman–Crippen MR) is 74.3 cm³/mol. The van der Waals surface area contributed by atoms with Crippen molar-refractivity contribution in [2.75, 3.05) is 14.1 Å². The molecule has 1 atom stereocenters.